The molecule has 1 aliphatic carbocycles. The highest BCUT2D eigenvalue weighted by molar-refractivity contribution is 5.81. The normalized spacial score (nSPS) is 26.8. The molecule has 0 aromatic heterocycles. The first kappa shape index (κ1) is 16.8. The van der Waals surface area contributed by atoms with Gasteiger partial charge in [0.15, 0.2) is 0 Å². The molecule has 0 bridgehead atoms. The second kappa shape index (κ2) is 7.24. The first-order chi connectivity index (χ1) is 11.6. The number of ether oxygens (including phenoxy) is 2. The lowest BCUT2D eigenvalue weighted by molar-refractivity contribution is -0.149. The van der Waals surface area contributed by atoms with Crippen molar-refractivity contribution < 1.29 is 19.1 Å². The van der Waals surface area contributed by atoms with Crippen LogP contribution in [0.15, 0.2) is 24.3 Å². The van der Waals surface area contributed by atoms with Crippen LogP contribution in [0.1, 0.15) is 38.2 Å². The Hall–Kier alpha value is -2.04. The summed E-state index contributed by atoms with van der Waals surface area (Å²) in [4.78, 5) is 26.8. The molecular weight excluding hydrogens is 306 g/mol. The van der Waals surface area contributed by atoms with Crippen molar-refractivity contribution in [1.29, 1.82) is 0 Å². The zero-order valence-electron chi connectivity index (χ0n) is 14.4. The highest BCUT2D eigenvalue weighted by Crippen LogP contribution is 2.33. The molecule has 130 valence electrons. The SMILES string of the molecule is COC(=O)[C@@H]1CCC[C@@H](C(=O)N2Cc3ccccc3OC[C@H]2C)C1. The number of hydrogen-bond acceptors (Lipinski definition) is 4. The van der Waals surface area contributed by atoms with Gasteiger partial charge in [-0.2, -0.15) is 0 Å². The molecule has 1 aromatic carbocycles. The van der Waals surface area contributed by atoms with Crippen molar-refractivity contribution in [3.8, 4) is 5.75 Å². The van der Waals surface area contributed by atoms with Crippen molar-refractivity contribution in [2.45, 2.75) is 45.2 Å². The standard InChI is InChI=1S/C19H25NO4/c1-13-12-24-17-9-4-3-6-16(17)11-20(13)18(21)14-7-5-8-15(10-14)19(22)23-2/h3-4,6,9,13-15H,5,7-8,10-12H2,1-2H3/t13-,14-,15-/m1/s1. The van der Waals surface area contributed by atoms with Crippen LogP contribution in [0.25, 0.3) is 0 Å². The Morgan fingerprint density at radius 3 is 2.75 bits per heavy atom. The smallest absolute Gasteiger partial charge is 0.308 e. The number of hydrogen-bond donors (Lipinski definition) is 0. The number of carbonyl (C=O) groups excluding carboxylic acids is 2. The summed E-state index contributed by atoms with van der Waals surface area (Å²) in [6.07, 6.45) is 3.15. The number of rotatable bonds is 2. The minimum Gasteiger partial charge on any atom is -0.491 e. The summed E-state index contributed by atoms with van der Waals surface area (Å²) in [5, 5.41) is 0. The van der Waals surface area contributed by atoms with E-state index in [0.717, 1.165) is 30.6 Å². The third kappa shape index (κ3) is 3.40. The molecule has 1 amide bonds. The minimum atomic E-state index is -0.190. The van der Waals surface area contributed by atoms with Crippen molar-refractivity contribution in [3.05, 3.63) is 29.8 Å². The van der Waals surface area contributed by atoms with Gasteiger partial charge in [-0.3, -0.25) is 9.59 Å². The van der Waals surface area contributed by atoms with Crippen LogP contribution in [-0.2, 0) is 20.9 Å². The fourth-order valence-corrected chi connectivity index (χ4v) is 3.74. The van der Waals surface area contributed by atoms with Crippen molar-refractivity contribution in [3.63, 3.8) is 0 Å². The molecule has 5 heteroatoms. The van der Waals surface area contributed by atoms with Gasteiger partial charge in [-0.05, 0) is 32.3 Å². The van der Waals surface area contributed by atoms with E-state index in [4.69, 9.17) is 9.47 Å². The Morgan fingerprint density at radius 2 is 1.96 bits per heavy atom. The number of nitrogens with zero attached hydrogens (tertiary/aromatic N) is 1. The van der Waals surface area contributed by atoms with Gasteiger partial charge in [0.1, 0.15) is 12.4 Å². The van der Waals surface area contributed by atoms with Gasteiger partial charge >= 0.3 is 5.97 Å². The maximum absolute atomic E-state index is 13.1. The Morgan fingerprint density at radius 1 is 1.21 bits per heavy atom. The molecule has 0 spiro atoms. The van der Waals surface area contributed by atoms with Gasteiger partial charge in [0, 0.05) is 18.0 Å². The van der Waals surface area contributed by atoms with E-state index >= 15 is 0 Å². The summed E-state index contributed by atoms with van der Waals surface area (Å²) < 4.78 is 10.7. The molecule has 24 heavy (non-hydrogen) atoms. The highest BCUT2D eigenvalue weighted by atomic mass is 16.5. The molecule has 5 nitrogen and oxygen atoms in total. The topological polar surface area (TPSA) is 55.8 Å². The molecule has 0 radical (unpaired) electrons. The van der Waals surface area contributed by atoms with Crippen LogP contribution in [0.5, 0.6) is 5.75 Å². The van der Waals surface area contributed by atoms with E-state index in [-0.39, 0.29) is 29.8 Å². The number of benzene rings is 1. The third-order valence-electron chi connectivity index (χ3n) is 5.17. The number of fused-ring (bicyclic) bond motifs is 1. The van der Waals surface area contributed by atoms with Gasteiger partial charge in [-0.25, -0.2) is 0 Å². The van der Waals surface area contributed by atoms with Crippen molar-refractivity contribution in [1.82, 2.24) is 4.90 Å². The fourth-order valence-electron chi connectivity index (χ4n) is 3.74. The summed E-state index contributed by atoms with van der Waals surface area (Å²) in [5.41, 5.74) is 1.04. The van der Waals surface area contributed by atoms with Gasteiger partial charge in [0.2, 0.25) is 5.91 Å². The largest absolute Gasteiger partial charge is 0.491 e. The summed E-state index contributed by atoms with van der Waals surface area (Å²) in [7, 11) is 1.42. The monoisotopic (exact) mass is 331 g/mol. The van der Waals surface area contributed by atoms with Gasteiger partial charge in [-0.15, -0.1) is 0 Å². The summed E-state index contributed by atoms with van der Waals surface area (Å²) in [5.74, 6) is 0.552. The Bertz CT molecular complexity index is 615. The van der Waals surface area contributed by atoms with Crippen LogP contribution in [0.4, 0.5) is 0 Å². The molecule has 1 aliphatic heterocycles. The fraction of sp³-hybridized carbons (Fsp3) is 0.579. The Balaban J connectivity index is 1.74. The third-order valence-corrected chi connectivity index (χ3v) is 5.17. The maximum Gasteiger partial charge on any atom is 0.308 e. The average Bonchev–Trinajstić information content (AvgIpc) is 2.80. The molecule has 3 rings (SSSR count). The van der Waals surface area contributed by atoms with E-state index in [1.54, 1.807) is 0 Å². The van der Waals surface area contributed by atoms with E-state index in [1.165, 1.54) is 7.11 Å². The summed E-state index contributed by atoms with van der Waals surface area (Å²) in [6, 6.07) is 7.89. The Labute approximate surface area is 142 Å². The zero-order chi connectivity index (χ0) is 17.1. The lowest BCUT2D eigenvalue weighted by Crippen LogP contribution is -2.44. The lowest BCUT2D eigenvalue weighted by atomic mass is 9.80. The van der Waals surface area contributed by atoms with E-state index in [2.05, 4.69) is 0 Å². The molecule has 3 atom stereocenters. The molecule has 1 fully saturated rings. The van der Waals surface area contributed by atoms with Gasteiger partial charge < -0.3 is 14.4 Å². The van der Waals surface area contributed by atoms with Crippen molar-refractivity contribution >= 4 is 11.9 Å². The molecule has 0 saturated heterocycles. The Kier molecular flexibility index (Phi) is 5.07. The highest BCUT2D eigenvalue weighted by Gasteiger charge is 2.36. The zero-order valence-corrected chi connectivity index (χ0v) is 14.4. The van der Waals surface area contributed by atoms with Crippen LogP contribution in [0, 0.1) is 11.8 Å². The second-order valence-electron chi connectivity index (χ2n) is 6.82. The molecular formula is C19H25NO4. The molecule has 0 N–H and O–H groups in total. The second-order valence-corrected chi connectivity index (χ2v) is 6.82. The summed E-state index contributed by atoms with van der Waals surface area (Å²) >= 11 is 0. The van der Waals surface area contributed by atoms with Crippen LogP contribution < -0.4 is 4.74 Å². The molecule has 0 unspecified atom stereocenters. The van der Waals surface area contributed by atoms with Gasteiger partial charge in [0.05, 0.1) is 19.1 Å². The molecule has 1 saturated carbocycles. The molecule has 2 aliphatic rings. The predicted octanol–water partition coefficient (Wildman–Crippen LogP) is 2.78. The van der Waals surface area contributed by atoms with Crippen LogP contribution in [0.3, 0.4) is 0 Å². The number of amides is 1. The van der Waals surface area contributed by atoms with Crippen LogP contribution in [0.2, 0.25) is 0 Å². The number of esters is 1. The summed E-state index contributed by atoms with van der Waals surface area (Å²) in [6.45, 7) is 3.08. The van der Waals surface area contributed by atoms with E-state index in [9.17, 15) is 9.59 Å². The van der Waals surface area contributed by atoms with Crippen molar-refractivity contribution in [2.75, 3.05) is 13.7 Å². The minimum absolute atomic E-state index is 0.0170. The van der Waals surface area contributed by atoms with Crippen LogP contribution >= 0.6 is 0 Å². The van der Waals surface area contributed by atoms with Gasteiger partial charge in [0.25, 0.3) is 0 Å². The first-order valence-electron chi connectivity index (χ1n) is 8.69. The average molecular weight is 331 g/mol. The lowest BCUT2D eigenvalue weighted by Gasteiger charge is -2.33. The maximum atomic E-state index is 13.1. The van der Waals surface area contributed by atoms with E-state index in [1.807, 2.05) is 36.1 Å². The first-order valence-corrected chi connectivity index (χ1v) is 8.69. The van der Waals surface area contributed by atoms with Crippen LogP contribution in [-0.4, -0.2) is 36.5 Å². The van der Waals surface area contributed by atoms with E-state index in [0.29, 0.717) is 19.6 Å². The molecule has 1 heterocycles. The molecule has 1 aromatic rings. The van der Waals surface area contributed by atoms with Crippen molar-refractivity contribution in [2.24, 2.45) is 11.8 Å². The van der Waals surface area contributed by atoms with Gasteiger partial charge in [-0.1, -0.05) is 24.6 Å². The predicted molar refractivity (Wildman–Crippen MR) is 89.4 cm³/mol. The quantitative estimate of drug-likeness (QED) is 0.782. The van der Waals surface area contributed by atoms with E-state index < -0.39 is 0 Å². The number of methoxy groups -OCH3 is 1. The number of para-hydroxylation sites is 1. The number of carbonyl (C=O) groups is 2.